The van der Waals surface area contributed by atoms with Gasteiger partial charge in [0.2, 0.25) is 5.91 Å². The Morgan fingerprint density at radius 3 is 2.62 bits per heavy atom. The first-order valence-electron chi connectivity index (χ1n) is 5.16. The first-order valence-corrected chi connectivity index (χ1v) is 5.16. The Labute approximate surface area is 96.1 Å². The Balaban J connectivity index is 3.89. The molecular weight excluding hydrogens is 212 g/mol. The van der Waals surface area contributed by atoms with E-state index in [1.54, 1.807) is 14.0 Å². The van der Waals surface area contributed by atoms with Gasteiger partial charge < -0.3 is 25.6 Å². The van der Waals surface area contributed by atoms with Crippen molar-refractivity contribution in [2.45, 2.75) is 25.0 Å². The molecule has 96 valence electrons. The highest BCUT2D eigenvalue weighted by Gasteiger charge is 2.22. The summed E-state index contributed by atoms with van der Waals surface area (Å²) in [4.78, 5) is 11.4. The average Bonchev–Trinajstić information content (AvgIpc) is 2.23. The molecule has 6 nitrogen and oxygen atoms in total. The van der Waals surface area contributed by atoms with Crippen molar-refractivity contribution in [3.8, 4) is 0 Å². The maximum atomic E-state index is 11.4. The van der Waals surface area contributed by atoms with E-state index in [4.69, 9.17) is 15.2 Å². The summed E-state index contributed by atoms with van der Waals surface area (Å²) < 4.78 is 9.61. The van der Waals surface area contributed by atoms with Gasteiger partial charge in [-0.15, -0.1) is 0 Å². The maximum absolute atomic E-state index is 11.4. The number of amides is 1. The van der Waals surface area contributed by atoms with Crippen LogP contribution in [0, 0.1) is 0 Å². The highest BCUT2D eigenvalue weighted by atomic mass is 16.5. The third-order valence-electron chi connectivity index (χ3n) is 2.17. The lowest BCUT2D eigenvalue weighted by Gasteiger charge is -2.24. The van der Waals surface area contributed by atoms with E-state index in [-0.39, 0.29) is 19.1 Å². The lowest BCUT2D eigenvalue weighted by molar-refractivity contribution is -0.124. The molecule has 16 heavy (non-hydrogen) atoms. The Morgan fingerprint density at radius 2 is 2.12 bits per heavy atom. The van der Waals surface area contributed by atoms with Gasteiger partial charge in [-0.2, -0.15) is 0 Å². The molecule has 0 saturated heterocycles. The number of aliphatic hydroxyl groups is 1. The topological polar surface area (TPSA) is 93.8 Å². The molecule has 0 heterocycles. The van der Waals surface area contributed by atoms with E-state index in [9.17, 15) is 9.90 Å². The Hall–Kier alpha value is -0.690. The Bertz CT molecular complexity index is 209. The molecule has 6 heteroatoms. The fraction of sp³-hybridized carbons (Fsp3) is 0.900. The lowest BCUT2D eigenvalue weighted by Crippen LogP contribution is -2.48. The van der Waals surface area contributed by atoms with Crippen LogP contribution in [0.25, 0.3) is 0 Å². The molecule has 0 bridgehead atoms. The predicted octanol–water partition coefficient (Wildman–Crippen LogP) is -1.14. The number of carbonyl (C=O) groups is 1. The average molecular weight is 234 g/mol. The number of hydrogen-bond donors (Lipinski definition) is 3. The number of methoxy groups -OCH3 is 2. The molecule has 0 aromatic carbocycles. The smallest absolute Gasteiger partial charge is 0.239 e. The van der Waals surface area contributed by atoms with E-state index in [0.717, 1.165) is 0 Å². The van der Waals surface area contributed by atoms with Crippen molar-refractivity contribution in [3.05, 3.63) is 0 Å². The molecule has 0 aliphatic rings. The molecule has 2 atom stereocenters. The van der Waals surface area contributed by atoms with Crippen LogP contribution in [0.5, 0.6) is 0 Å². The van der Waals surface area contributed by atoms with Crippen molar-refractivity contribution in [1.82, 2.24) is 5.32 Å². The van der Waals surface area contributed by atoms with Gasteiger partial charge in [0.25, 0.3) is 0 Å². The normalized spacial score (nSPS) is 16.6. The fourth-order valence-corrected chi connectivity index (χ4v) is 1.07. The number of hydrogen-bond acceptors (Lipinski definition) is 5. The maximum Gasteiger partial charge on any atom is 0.239 e. The van der Waals surface area contributed by atoms with Crippen LogP contribution in [-0.4, -0.2) is 56.6 Å². The van der Waals surface area contributed by atoms with Crippen LogP contribution < -0.4 is 11.1 Å². The summed E-state index contributed by atoms with van der Waals surface area (Å²) in [7, 11) is 3.03. The van der Waals surface area contributed by atoms with E-state index >= 15 is 0 Å². The van der Waals surface area contributed by atoms with Crippen molar-refractivity contribution in [2.75, 3.05) is 34.0 Å². The summed E-state index contributed by atoms with van der Waals surface area (Å²) in [6.45, 7) is 2.37. The van der Waals surface area contributed by atoms with Crippen LogP contribution in [-0.2, 0) is 14.3 Å². The quantitative estimate of drug-likeness (QED) is 0.494. The number of nitrogens with one attached hydrogen (secondary N) is 1. The van der Waals surface area contributed by atoms with E-state index in [2.05, 4.69) is 5.32 Å². The van der Waals surface area contributed by atoms with E-state index in [1.807, 2.05) is 0 Å². The van der Waals surface area contributed by atoms with Gasteiger partial charge in [-0.25, -0.2) is 0 Å². The van der Waals surface area contributed by atoms with Gasteiger partial charge in [-0.3, -0.25) is 4.79 Å². The zero-order chi connectivity index (χ0) is 12.6. The second-order valence-corrected chi connectivity index (χ2v) is 4.02. The summed E-state index contributed by atoms with van der Waals surface area (Å²) in [6.07, 6.45) is 0.448. The minimum absolute atomic E-state index is 0.145. The summed E-state index contributed by atoms with van der Waals surface area (Å²) in [5.41, 5.74) is 4.53. The zero-order valence-corrected chi connectivity index (χ0v) is 10.2. The molecule has 0 rings (SSSR count). The third-order valence-corrected chi connectivity index (χ3v) is 2.17. The van der Waals surface area contributed by atoms with Gasteiger partial charge in [0.05, 0.1) is 12.2 Å². The van der Waals surface area contributed by atoms with Gasteiger partial charge in [-0.05, 0) is 6.92 Å². The van der Waals surface area contributed by atoms with Crippen LogP contribution in [0.4, 0.5) is 0 Å². The molecule has 0 spiro atoms. The monoisotopic (exact) mass is 234 g/mol. The van der Waals surface area contributed by atoms with Crippen molar-refractivity contribution in [3.63, 3.8) is 0 Å². The van der Waals surface area contributed by atoms with E-state index < -0.39 is 11.6 Å². The van der Waals surface area contributed by atoms with Crippen molar-refractivity contribution < 1.29 is 19.4 Å². The van der Waals surface area contributed by atoms with Gasteiger partial charge in [-0.1, -0.05) is 0 Å². The molecule has 0 saturated carbocycles. The summed E-state index contributed by atoms with van der Waals surface area (Å²) in [5.74, 6) is -0.334. The molecular formula is C10H22N2O4. The molecule has 0 aromatic rings. The van der Waals surface area contributed by atoms with Crippen LogP contribution in [0.15, 0.2) is 0 Å². The Morgan fingerprint density at radius 1 is 1.50 bits per heavy atom. The molecule has 1 amide bonds. The predicted molar refractivity (Wildman–Crippen MR) is 60.0 cm³/mol. The van der Waals surface area contributed by atoms with Gasteiger partial charge >= 0.3 is 0 Å². The first kappa shape index (κ1) is 15.3. The SMILES string of the molecule is COCCC(C)(O)CNC(=O)C(N)COC. The first-order chi connectivity index (χ1) is 7.43. The summed E-state index contributed by atoms with van der Waals surface area (Å²) >= 11 is 0. The van der Waals surface area contributed by atoms with Crippen molar-refractivity contribution in [1.29, 1.82) is 0 Å². The molecule has 4 N–H and O–H groups in total. The van der Waals surface area contributed by atoms with E-state index in [1.165, 1.54) is 7.11 Å². The standard InChI is InChI=1S/C10H22N2O4/c1-10(14,4-5-15-2)7-12-9(13)8(11)6-16-3/h8,14H,4-7,11H2,1-3H3,(H,12,13). The number of rotatable bonds is 8. The summed E-state index contributed by atoms with van der Waals surface area (Å²) in [5, 5.41) is 12.4. The lowest BCUT2D eigenvalue weighted by atomic mass is 10.0. The Kier molecular flexibility index (Phi) is 7.24. The number of ether oxygens (including phenoxy) is 2. The van der Waals surface area contributed by atoms with Crippen LogP contribution in [0.1, 0.15) is 13.3 Å². The van der Waals surface area contributed by atoms with E-state index in [0.29, 0.717) is 13.0 Å². The van der Waals surface area contributed by atoms with Gasteiger partial charge in [0, 0.05) is 33.8 Å². The second-order valence-electron chi connectivity index (χ2n) is 4.02. The van der Waals surface area contributed by atoms with Gasteiger partial charge in [0.1, 0.15) is 6.04 Å². The van der Waals surface area contributed by atoms with Crippen LogP contribution >= 0.6 is 0 Å². The summed E-state index contributed by atoms with van der Waals surface area (Å²) in [6, 6.07) is -0.705. The molecule has 0 radical (unpaired) electrons. The van der Waals surface area contributed by atoms with Crippen LogP contribution in [0.3, 0.4) is 0 Å². The number of nitrogens with two attached hydrogens (primary N) is 1. The molecule has 2 unspecified atom stereocenters. The molecule has 0 fully saturated rings. The fourth-order valence-electron chi connectivity index (χ4n) is 1.07. The second kappa shape index (κ2) is 7.56. The number of carbonyl (C=O) groups excluding carboxylic acids is 1. The van der Waals surface area contributed by atoms with Crippen molar-refractivity contribution in [2.24, 2.45) is 5.73 Å². The minimum atomic E-state index is -0.988. The largest absolute Gasteiger partial charge is 0.388 e. The van der Waals surface area contributed by atoms with Crippen LogP contribution in [0.2, 0.25) is 0 Å². The molecule has 0 aromatic heterocycles. The molecule has 0 aliphatic heterocycles. The minimum Gasteiger partial charge on any atom is -0.388 e. The zero-order valence-electron chi connectivity index (χ0n) is 10.2. The van der Waals surface area contributed by atoms with Crippen molar-refractivity contribution >= 4 is 5.91 Å². The third kappa shape index (κ3) is 6.73. The highest BCUT2D eigenvalue weighted by molar-refractivity contribution is 5.81. The highest BCUT2D eigenvalue weighted by Crippen LogP contribution is 2.07. The molecule has 0 aliphatic carbocycles. The van der Waals surface area contributed by atoms with Gasteiger partial charge in [0.15, 0.2) is 0 Å².